The summed E-state index contributed by atoms with van der Waals surface area (Å²) in [4.78, 5) is 10.7. The molecule has 0 atom stereocenters. The molecular weight excluding hydrogens is 292 g/mol. The van der Waals surface area contributed by atoms with Crippen LogP contribution in [-0.4, -0.2) is 11.0 Å². The van der Waals surface area contributed by atoms with Crippen molar-refractivity contribution >= 4 is 40.1 Å². The SMILES string of the molecule is NC(=O)c1cc(Cl)c(O)c(I)c1. The summed E-state index contributed by atoms with van der Waals surface area (Å²) in [6, 6.07) is 2.81. The molecule has 3 N–H and O–H groups in total. The van der Waals surface area contributed by atoms with Gasteiger partial charge in [-0.3, -0.25) is 4.79 Å². The number of benzene rings is 1. The van der Waals surface area contributed by atoms with Crippen molar-refractivity contribution in [3.05, 3.63) is 26.3 Å². The highest BCUT2D eigenvalue weighted by Crippen LogP contribution is 2.29. The van der Waals surface area contributed by atoms with Gasteiger partial charge < -0.3 is 10.8 Å². The van der Waals surface area contributed by atoms with Gasteiger partial charge in [-0.25, -0.2) is 0 Å². The average molecular weight is 297 g/mol. The lowest BCUT2D eigenvalue weighted by molar-refractivity contribution is 0.1000. The minimum absolute atomic E-state index is 0.0257. The third-order valence-corrected chi connectivity index (χ3v) is 2.41. The van der Waals surface area contributed by atoms with Crippen molar-refractivity contribution in [3.63, 3.8) is 0 Å². The molecule has 0 heterocycles. The standard InChI is InChI=1S/C7H5ClINO2/c8-4-1-3(7(10)12)2-5(9)6(4)11/h1-2,11H,(H2,10,12). The molecule has 1 rings (SSSR count). The van der Waals surface area contributed by atoms with Crippen LogP contribution in [0.25, 0.3) is 0 Å². The number of carbonyl (C=O) groups excluding carboxylic acids is 1. The van der Waals surface area contributed by atoms with E-state index in [1.165, 1.54) is 12.1 Å². The lowest BCUT2D eigenvalue weighted by atomic mass is 10.2. The van der Waals surface area contributed by atoms with Gasteiger partial charge in [-0.15, -0.1) is 0 Å². The maximum atomic E-state index is 10.7. The second kappa shape index (κ2) is 3.49. The van der Waals surface area contributed by atoms with Crippen LogP contribution in [0.4, 0.5) is 0 Å². The summed E-state index contributed by atoms with van der Waals surface area (Å²) in [5, 5.41) is 9.36. The molecule has 3 nitrogen and oxygen atoms in total. The Hall–Kier alpha value is -0.490. The summed E-state index contributed by atoms with van der Waals surface area (Å²) in [6.07, 6.45) is 0. The van der Waals surface area contributed by atoms with Crippen LogP contribution in [0.2, 0.25) is 5.02 Å². The van der Waals surface area contributed by atoms with Crippen molar-refractivity contribution < 1.29 is 9.90 Å². The fourth-order valence-electron chi connectivity index (χ4n) is 0.708. The largest absolute Gasteiger partial charge is 0.505 e. The van der Waals surface area contributed by atoms with Crippen molar-refractivity contribution in [2.24, 2.45) is 5.73 Å². The molecule has 0 saturated carbocycles. The normalized spacial score (nSPS) is 9.83. The number of halogens is 2. The molecule has 0 aromatic heterocycles. The molecule has 0 spiro atoms. The minimum atomic E-state index is -0.560. The maximum Gasteiger partial charge on any atom is 0.248 e. The summed E-state index contributed by atoms with van der Waals surface area (Å²) >= 11 is 7.47. The van der Waals surface area contributed by atoms with Gasteiger partial charge in [0.25, 0.3) is 0 Å². The number of hydrogen-bond acceptors (Lipinski definition) is 2. The number of amides is 1. The van der Waals surface area contributed by atoms with E-state index in [1.807, 2.05) is 22.6 Å². The number of phenols is 1. The van der Waals surface area contributed by atoms with Gasteiger partial charge in [0.1, 0.15) is 5.75 Å². The van der Waals surface area contributed by atoms with E-state index < -0.39 is 5.91 Å². The Bertz CT molecular complexity index is 317. The Morgan fingerprint density at radius 3 is 2.58 bits per heavy atom. The fraction of sp³-hybridized carbons (Fsp3) is 0. The quantitative estimate of drug-likeness (QED) is 0.776. The molecule has 0 saturated heterocycles. The highest BCUT2D eigenvalue weighted by atomic mass is 127. The number of hydrogen-bond donors (Lipinski definition) is 2. The maximum absolute atomic E-state index is 10.7. The predicted octanol–water partition coefficient (Wildman–Crippen LogP) is 1.75. The molecule has 0 aliphatic carbocycles. The molecule has 0 unspecified atom stereocenters. The van der Waals surface area contributed by atoms with Crippen LogP contribution in [0, 0.1) is 3.57 Å². The first kappa shape index (κ1) is 9.60. The molecule has 0 bridgehead atoms. The molecule has 1 amide bonds. The van der Waals surface area contributed by atoms with E-state index in [1.54, 1.807) is 0 Å². The van der Waals surface area contributed by atoms with Crippen LogP contribution in [0.5, 0.6) is 5.75 Å². The Kier molecular flexibility index (Phi) is 2.79. The highest BCUT2D eigenvalue weighted by molar-refractivity contribution is 14.1. The smallest absolute Gasteiger partial charge is 0.248 e. The van der Waals surface area contributed by atoms with E-state index in [0.29, 0.717) is 9.13 Å². The number of aromatic hydroxyl groups is 1. The van der Waals surface area contributed by atoms with Gasteiger partial charge in [-0.1, -0.05) is 11.6 Å². The fourth-order valence-corrected chi connectivity index (χ4v) is 1.71. The van der Waals surface area contributed by atoms with Gasteiger partial charge in [-0.2, -0.15) is 0 Å². The van der Waals surface area contributed by atoms with E-state index in [4.69, 9.17) is 17.3 Å². The third kappa shape index (κ3) is 1.81. The lowest BCUT2D eigenvalue weighted by Crippen LogP contribution is -2.10. The van der Waals surface area contributed by atoms with Crippen LogP contribution in [0.1, 0.15) is 10.4 Å². The molecule has 12 heavy (non-hydrogen) atoms. The van der Waals surface area contributed by atoms with Gasteiger partial charge in [0, 0.05) is 5.56 Å². The van der Waals surface area contributed by atoms with E-state index >= 15 is 0 Å². The van der Waals surface area contributed by atoms with Crippen molar-refractivity contribution in [2.75, 3.05) is 0 Å². The average Bonchev–Trinajstić information content (AvgIpc) is 1.99. The molecule has 0 radical (unpaired) electrons. The second-order valence-corrected chi connectivity index (χ2v) is 3.72. The Labute approximate surface area is 87.7 Å². The number of rotatable bonds is 1. The van der Waals surface area contributed by atoms with Crippen LogP contribution >= 0.6 is 34.2 Å². The molecule has 64 valence electrons. The predicted molar refractivity (Wildman–Crippen MR) is 54.4 cm³/mol. The van der Waals surface area contributed by atoms with Gasteiger partial charge in [0.05, 0.1) is 8.59 Å². The van der Waals surface area contributed by atoms with Crippen LogP contribution < -0.4 is 5.73 Å². The zero-order chi connectivity index (χ0) is 9.30. The van der Waals surface area contributed by atoms with Gasteiger partial charge >= 0.3 is 0 Å². The Morgan fingerprint density at radius 2 is 2.17 bits per heavy atom. The van der Waals surface area contributed by atoms with Crippen molar-refractivity contribution in [1.82, 2.24) is 0 Å². The van der Waals surface area contributed by atoms with Crippen molar-refractivity contribution in [3.8, 4) is 5.75 Å². The summed E-state index contributed by atoms with van der Waals surface area (Å²) in [5.74, 6) is -0.586. The number of nitrogens with two attached hydrogens (primary N) is 1. The Balaban J connectivity index is 3.31. The second-order valence-electron chi connectivity index (χ2n) is 2.15. The molecule has 1 aromatic carbocycles. The van der Waals surface area contributed by atoms with Crippen molar-refractivity contribution in [2.45, 2.75) is 0 Å². The van der Waals surface area contributed by atoms with E-state index in [9.17, 15) is 9.90 Å². The summed E-state index contributed by atoms with van der Waals surface area (Å²) in [6.45, 7) is 0. The van der Waals surface area contributed by atoms with Crippen molar-refractivity contribution in [1.29, 1.82) is 0 Å². The van der Waals surface area contributed by atoms with Gasteiger partial charge in [-0.05, 0) is 34.7 Å². The Morgan fingerprint density at radius 1 is 1.58 bits per heavy atom. The molecule has 5 heteroatoms. The molecule has 0 aliphatic heterocycles. The summed E-state index contributed by atoms with van der Waals surface area (Å²) in [5.41, 5.74) is 5.31. The zero-order valence-electron chi connectivity index (χ0n) is 5.84. The minimum Gasteiger partial charge on any atom is -0.505 e. The third-order valence-electron chi connectivity index (χ3n) is 1.30. The zero-order valence-corrected chi connectivity index (χ0v) is 8.76. The topological polar surface area (TPSA) is 63.3 Å². The van der Waals surface area contributed by atoms with Crippen LogP contribution in [-0.2, 0) is 0 Å². The first-order chi connectivity index (χ1) is 5.52. The van der Waals surface area contributed by atoms with E-state index in [2.05, 4.69) is 0 Å². The molecular formula is C7H5ClINO2. The summed E-state index contributed by atoms with van der Waals surface area (Å²) < 4.78 is 0.508. The van der Waals surface area contributed by atoms with Crippen LogP contribution in [0.3, 0.4) is 0 Å². The molecule has 0 aliphatic rings. The van der Waals surface area contributed by atoms with Gasteiger partial charge in [0.2, 0.25) is 5.91 Å². The highest BCUT2D eigenvalue weighted by Gasteiger charge is 2.08. The first-order valence-electron chi connectivity index (χ1n) is 3.00. The first-order valence-corrected chi connectivity index (χ1v) is 4.46. The molecule has 1 aromatic rings. The van der Waals surface area contributed by atoms with Crippen LogP contribution in [0.15, 0.2) is 12.1 Å². The molecule has 0 fully saturated rings. The van der Waals surface area contributed by atoms with E-state index in [-0.39, 0.29) is 10.8 Å². The number of phenolic OH excluding ortho intramolecular Hbond substituents is 1. The number of primary amides is 1. The van der Waals surface area contributed by atoms with E-state index in [0.717, 1.165) is 0 Å². The summed E-state index contributed by atoms with van der Waals surface area (Å²) in [7, 11) is 0. The monoisotopic (exact) mass is 297 g/mol. The lowest BCUT2D eigenvalue weighted by Gasteiger charge is -2.01. The number of carbonyl (C=O) groups is 1. The van der Waals surface area contributed by atoms with Gasteiger partial charge in [0.15, 0.2) is 0 Å².